The molecular weight excluding hydrogens is 344 g/mol. The zero-order chi connectivity index (χ0) is 19.3. The van der Waals surface area contributed by atoms with E-state index in [2.05, 4.69) is 49.1 Å². The third-order valence-corrected chi connectivity index (χ3v) is 2.39. The van der Waals surface area contributed by atoms with Gasteiger partial charge >= 0.3 is 140 Å². The fraction of sp³-hybridized carbons (Fsp3) is 0.0667. The number of para-hydroxylation sites is 1. The van der Waals surface area contributed by atoms with Crippen LogP contribution in [0.5, 0.6) is 0 Å². The molecule has 0 saturated carbocycles. The van der Waals surface area contributed by atoms with Crippen molar-refractivity contribution >= 4 is 15.5 Å². The van der Waals surface area contributed by atoms with Gasteiger partial charge < -0.3 is 0 Å². The third kappa shape index (κ3) is 12.1. The van der Waals surface area contributed by atoms with Gasteiger partial charge in [-0.3, -0.25) is 0 Å². The second-order valence-corrected chi connectivity index (χ2v) is 3.22. The van der Waals surface area contributed by atoms with Crippen molar-refractivity contribution < 1.29 is 48.3 Å². The quantitative estimate of drug-likeness (QED) is 0.605. The van der Waals surface area contributed by atoms with E-state index in [1.165, 1.54) is 0 Å². The molecule has 0 spiro atoms. The fourth-order valence-corrected chi connectivity index (χ4v) is 1.34. The van der Waals surface area contributed by atoms with Gasteiger partial charge in [-0.05, 0) is 0 Å². The Bertz CT molecular complexity index is 579. The summed E-state index contributed by atoms with van der Waals surface area (Å²) >= 11 is 2.80. The summed E-state index contributed by atoms with van der Waals surface area (Å²) in [5, 5.41) is 1.09. The van der Waals surface area contributed by atoms with E-state index in [9.17, 15) is 0 Å². The molecule has 1 heterocycles. The van der Waals surface area contributed by atoms with Gasteiger partial charge in [0.05, 0.1) is 0 Å². The molecular formula is C15H8CrO7. The SMILES string of the molecule is CO[C](=[Cr])c1cc2ccccc2o1.[C-]#[O+].[C-]#[O+].[C-]#[O+].[C-]#[O+].[C-]#[O+]. The Morgan fingerprint density at radius 3 is 1.74 bits per heavy atom. The van der Waals surface area contributed by atoms with Crippen molar-refractivity contribution in [2.24, 2.45) is 0 Å². The van der Waals surface area contributed by atoms with E-state index in [1.807, 2.05) is 30.3 Å². The Labute approximate surface area is 140 Å². The molecule has 23 heavy (non-hydrogen) atoms. The molecule has 0 fully saturated rings. The van der Waals surface area contributed by atoms with Gasteiger partial charge in [0.2, 0.25) is 0 Å². The molecule has 0 N–H and O–H groups in total. The van der Waals surface area contributed by atoms with Crippen LogP contribution < -0.4 is 0 Å². The number of furan rings is 1. The molecule has 0 aliphatic carbocycles. The topological polar surface area (TPSA) is 122 Å². The van der Waals surface area contributed by atoms with Crippen LogP contribution in [0.25, 0.3) is 11.0 Å². The Balaban J connectivity index is -0.000000156. The van der Waals surface area contributed by atoms with Gasteiger partial charge in [0.25, 0.3) is 0 Å². The average molecular weight is 352 g/mol. The second-order valence-electron chi connectivity index (χ2n) is 2.64. The summed E-state index contributed by atoms with van der Waals surface area (Å²) in [6.07, 6.45) is 0. The van der Waals surface area contributed by atoms with Crippen LogP contribution in [0.4, 0.5) is 0 Å². The average Bonchev–Trinajstić information content (AvgIpc) is 3.13. The van der Waals surface area contributed by atoms with E-state index in [-0.39, 0.29) is 0 Å². The van der Waals surface area contributed by atoms with Crippen molar-refractivity contribution in [3.8, 4) is 0 Å². The monoisotopic (exact) mass is 352 g/mol. The molecule has 0 amide bonds. The van der Waals surface area contributed by atoms with Gasteiger partial charge in [0.15, 0.2) is 0 Å². The van der Waals surface area contributed by atoms with Gasteiger partial charge in [0, 0.05) is 0 Å². The van der Waals surface area contributed by atoms with Crippen molar-refractivity contribution in [2.75, 3.05) is 7.11 Å². The molecule has 0 aliphatic rings. The number of rotatable bonds is 2. The van der Waals surface area contributed by atoms with E-state index in [0.717, 1.165) is 16.7 Å². The molecule has 8 heteroatoms. The van der Waals surface area contributed by atoms with Crippen LogP contribution in [0.15, 0.2) is 34.7 Å². The number of benzene rings is 1. The van der Waals surface area contributed by atoms with E-state index in [4.69, 9.17) is 32.4 Å². The van der Waals surface area contributed by atoms with E-state index >= 15 is 0 Å². The predicted molar refractivity (Wildman–Crippen MR) is 67.0 cm³/mol. The maximum atomic E-state index is 7.50. The Morgan fingerprint density at radius 1 is 0.913 bits per heavy atom. The molecule has 116 valence electrons. The number of hydrogen-bond acceptors (Lipinski definition) is 2. The van der Waals surface area contributed by atoms with Gasteiger partial charge in [-0.15, -0.1) is 0 Å². The summed E-state index contributed by atoms with van der Waals surface area (Å²) < 4.78 is 48.7. The first-order chi connectivity index (χ1) is 11.3. The number of ether oxygens (including phenoxy) is 1. The van der Waals surface area contributed by atoms with Gasteiger partial charge in [-0.25, -0.2) is 0 Å². The second kappa shape index (κ2) is 24.8. The Hall–Kier alpha value is -2.18. The molecule has 7 nitrogen and oxygen atoms in total. The molecule has 0 aliphatic heterocycles. The summed E-state index contributed by atoms with van der Waals surface area (Å²) in [5.41, 5.74) is 0.877. The molecule has 0 atom stereocenters. The number of methoxy groups -OCH3 is 1. The van der Waals surface area contributed by atoms with Crippen LogP contribution in [-0.2, 0) is 43.8 Å². The first-order valence-corrected chi connectivity index (χ1v) is 5.54. The molecule has 0 unspecified atom stereocenters. The van der Waals surface area contributed by atoms with Crippen LogP contribution in [0.2, 0.25) is 0 Å². The van der Waals surface area contributed by atoms with E-state index in [1.54, 1.807) is 7.11 Å². The molecule has 0 saturated heterocycles. The summed E-state index contributed by atoms with van der Waals surface area (Å²) in [6.45, 7) is 22.5. The van der Waals surface area contributed by atoms with Crippen molar-refractivity contribution in [1.29, 1.82) is 0 Å². The van der Waals surface area contributed by atoms with Crippen molar-refractivity contribution in [1.82, 2.24) is 0 Å². The normalized spacial score (nSPS) is 6.39. The fourth-order valence-electron chi connectivity index (χ4n) is 1.18. The predicted octanol–water partition coefficient (Wildman–Crippen LogP) is 1.92. The minimum atomic E-state index is 0.677. The summed E-state index contributed by atoms with van der Waals surface area (Å²) in [4.78, 5) is 0. The van der Waals surface area contributed by atoms with Crippen LogP contribution in [-0.4, -0.2) is 11.7 Å². The van der Waals surface area contributed by atoms with Crippen LogP contribution in [0.1, 0.15) is 5.76 Å². The summed E-state index contributed by atoms with van der Waals surface area (Å²) in [5.74, 6) is 0.740. The van der Waals surface area contributed by atoms with Crippen LogP contribution in [0.3, 0.4) is 0 Å². The van der Waals surface area contributed by atoms with Crippen LogP contribution >= 0.6 is 0 Å². The van der Waals surface area contributed by atoms with Gasteiger partial charge in [-0.2, -0.15) is 0 Å². The first kappa shape index (κ1) is 28.9. The van der Waals surface area contributed by atoms with E-state index in [0.29, 0.717) is 4.57 Å². The van der Waals surface area contributed by atoms with Crippen molar-refractivity contribution in [3.05, 3.63) is 69.3 Å². The maximum absolute atomic E-state index is 7.50. The number of fused-ring (bicyclic) bond motifs is 1. The zero-order valence-electron chi connectivity index (χ0n) is 11.7. The Morgan fingerprint density at radius 2 is 1.35 bits per heavy atom. The van der Waals surface area contributed by atoms with E-state index < -0.39 is 0 Å². The molecule has 2 aromatic rings. The molecule has 0 radical (unpaired) electrons. The molecule has 0 bridgehead atoms. The Kier molecular flexibility index (Phi) is 31.2. The summed E-state index contributed by atoms with van der Waals surface area (Å²) in [7, 11) is 1.61. The molecule has 1 aromatic carbocycles. The number of hydrogen-bond donors (Lipinski definition) is 0. The van der Waals surface area contributed by atoms with Crippen LogP contribution in [0, 0.1) is 33.3 Å². The van der Waals surface area contributed by atoms with Gasteiger partial charge in [-0.1, -0.05) is 0 Å². The third-order valence-electron chi connectivity index (χ3n) is 1.81. The zero-order valence-corrected chi connectivity index (χ0v) is 12.9. The molecule has 2 rings (SSSR count). The summed E-state index contributed by atoms with van der Waals surface area (Å²) in [6, 6.07) is 9.81. The standard InChI is InChI=1S/C10H8O2.5CO.Cr/c1-11-7-9-6-8-4-2-3-5-10(8)12-9;5*1-2;/h2-6H,1H3;;;;;;. The molecule has 1 aromatic heterocycles. The minimum absolute atomic E-state index is 0.677. The first-order valence-electron chi connectivity index (χ1n) is 4.90. The van der Waals surface area contributed by atoms with Crippen molar-refractivity contribution in [3.63, 3.8) is 0 Å². The van der Waals surface area contributed by atoms with Crippen molar-refractivity contribution in [2.45, 2.75) is 0 Å². The van der Waals surface area contributed by atoms with Gasteiger partial charge in [0.1, 0.15) is 0 Å².